The zero-order valence-corrected chi connectivity index (χ0v) is 17.9. The number of thiocarbonyl (C=S) groups is 1. The highest BCUT2D eigenvalue weighted by Gasteiger charge is 2.18. The van der Waals surface area contributed by atoms with Gasteiger partial charge in [0.05, 0.1) is 34.0 Å². The maximum atomic E-state index is 12.6. The average Bonchev–Trinajstić information content (AvgIpc) is 2.56. The molecule has 2 rings (SSSR count). The van der Waals surface area contributed by atoms with Crippen LogP contribution in [0.1, 0.15) is 26.3 Å². The van der Waals surface area contributed by atoms with E-state index in [2.05, 4.69) is 26.6 Å². The van der Waals surface area contributed by atoms with Gasteiger partial charge in [-0.3, -0.25) is 10.1 Å². The molecule has 3 N–H and O–H groups in total. The summed E-state index contributed by atoms with van der Waals surface area (Å²) in [6.45, 7) is 1.80. The summed E-state index contributed by atoms with van der Waals surface area (Å²) in [5.74, 6) is -1.31. The smallest absolute Gasteiger partial charge is 0.337 e. The van der Waals surface area contributed by atoms with Gasteiger partial charge in [0.2, 0.25) is 0 Å². The summed E-state index contributed by atoms with van der Waals surface area (Å²) in [5, 5.41) is 14.4. The molecule has 0 saturated carbocycles. The van der Waals surface area contributed by atoms with Gasteiger partial charge in [0.15, 0.2) is 5.11 Å². The van der Waals surface area contributed by atoms with Gasteiger partial charge in [0, 0.05) is 4.47 Å². The molecular weight excluding hydrogens is 479 g/mol. The lowest BCUT2D eigenvalue weighted by molar-refractivity contribution is 0.0697. The number of benzene rings is 2. The van der Waals surface area contributed by atoms with E-state index in [1.807, 2.05) is 6.07 Å². The van der Waals surface area contributed by atoms with Crippen LogP contribution in [0, 0.1) is 6.92 Å². The van der Waals surface area contributed by atoms with Crippen LogP contribution in [0.2, 0.25) is 10.0 Å². The van der Waals surface area contributed by atoms with E-state index in [1.54, 1.807) is 13.0 Å². The summed E-state index contributed by atoms with van der Waals surface area (Å²) in [7, 11) is 1.46. The first-order valence-corrected chi connectivity index (χ1v) is 9.28. The summed E-state index contributed by atoms with van der Waals surface area (Å²) in [6, 6.07) is 5.92. The van der Waals surface area contributed by atoms with E-state index < -0.39 is 11.9 Å². The van der Waals surface area contributed by atoms with Gasteiger partial charge in [-0.25, -0.2) is 4.79 Å². The number of halogens is 3. The Morgan fingerprint density at radius 1 is 1.15 bits per heavy atom. The molecular formula is C17H13BrCl2N2O4S. The first-order chi connectivity index (χ1) is 12.6. The number of nitrogens with one attached hydrogen (secondary N) is 2. The van der Waals surface area contributed by atoms with Crippen LogP contribution in [-0.2, 0) is 0 Å². The largest absolute Gasteiger partial charge is 0.496 e. The second-order valence-electron chi connectivity index (χ2n) is 5.33. The molecule has 10 heteroatoms. The predicted octanol–water partition coefficient (Wildman–Crippen LogP) is 4.90. The zero-order valence-electron chi connectivity index (χ0n) is 14.0. The van der Waals surface area contributed by atoms with Crippen molar-refractivity contribution in [1.82, 2.24) is 5.32 Å². The molecule has 0 saturated heterocycles. The minimum Gasteiger partial charge on any atom is -0.496 e. The monoisotopic (exact) mass is 490 g/mol. The van der Waals surface area contributed by atoms with Gasteiger partial charge in [0.1, 0.15) is 5.75 Å². The molecule has 0 bridgehead atoms. The summed E-state index contributed by atoms with van der Waals surface area (Å²) >= 11 is 20.4. The van der Waals surface area contributed by atoms with Crippen LogP contribution in [0.4, 0.5) is 5.69 Å². The average molecular weight is 492 g/mol. The predicted molar refractivity (Wildman–Crippen MR) is 113 cm³/mol. The summed E-state index contributed by atoms with van der Waals surface area (Å²) in [4.78, 5) is 23.7. The number of carbonyl (C=O) groups is 2. The lowest BCUT2D eigenvalue weighted by Crippen LogP contribution is -2.34. The molecule has 0 atom stereocenters. The number of amides is 1. The quantitative estimate of drug-likeness (QED) is 0.527. The van der Waals surface area contributed by atoms with Gasteiger partial charge in [-0.05, 0) is 49.0 Å². The van der Waals surface area contributed by atoms with Crippen molar-refractivity contribution in [3.63, 3.8) is 0 Å². The molecule has 2 aromatic carbocycles. The van der Waals surface area contributed by atoms with Crippen LogP contribution in [0.5, 0.6) is 5.75 Å². The number of anilines is 1. The van der Waals surface area contributed by atoms with E-state index in [4.69, 9.17) is 45.3 Å². The Morgan fingerprint density at radius 2 is 1.81 bits per heavy atom. The third-order valence-corrected chi connectivity index (χ3v) is 4.74. The van der Waals surface area contributed by atoms with Crippen LogP contribution in [0.15, 0.2) is 28.7 Å². The maximum Gasteiger partial charge on any atom is 0.337 e. The van der Waals surface area contributed by atoms with E-state index in [9.17, 15) is 9.59 Å². The van der Waals surface area contributed by atoms with Gasteiger partial charge < -0.3 is 15.2 Å². The summed E-state index contributed by atoms with van der Waals surface area (Å²) in [5.41, 5.74) is 1.09. The molecule has 142 valence electrons. The molecule has 0 heterocycles. The Labute approximate surface area is 178 Å². The Balaban J connectivity index is 2.23. The maximum absolute atomic E-state index is 12.6. The summed E-state index contributed by atoms with van der Waals surface area (Å²) < 4.78 is 5.99. The fourth-order valence-corrected chi connectivity index (χ4v) is 3.59. The van der Waals surface area contributed by atoms with E-state index in [-0.39, 0.29) is 32.0 Å². The molecule has 0 aliphatic rings. The first kappa shape index (κ1) is 21.4. The van der Waals surface area contributed by atoms with Crippen molar-refractivity contribution < 1.29 is 19.4 Å². The van der Waals surface area contributed by atoms with Crippen molar-refractivity contribution in [3.8, 4) is 5.75 Å². The molecule has 0 fully saturated rings. The second-order valence-corrected chi connectivity index (χ2v) is 7.47. The highest BCUT2D eigenvalue weighted by atomic mass is 79.9. The molecule has 1 amide bonds. The number of aryl methyl sites for hydroxylation is 1. The number of carboxylic acid groups (broad SMARTS) is 1. The van der Waals surface area contributed by atoms with Crippen LogP contribution in [0.3, 0.4) is 0 Å². The molecule has 0 aromatic heterocycles. The van der Waals surface area contributed by atoms with Crippen molar-refractivity contribution in [2.24, 2.45) is 0 Å². The Bertz CT molecular complexity index is 953. The van der Waals surface area contributed by atoms with Gasteiger partial charge in [-0.15, -0.1) is 0 Å². The van der Waals surface area contributed by atoms with Gasteiger partial charge in [-0.2, -0.15) is 0 Å². The molecule has 2 aromatic rings. The minimum absolute atomic E-state index is 0.0117. The highest BCUT2D eigenvalue weighted by Crippen LogP contribution is 2.30. The van der Waals surface area contributed by atoms with Crippen molar-refractivity contribution in [2.45, 2.75) is 6.92 Å². The zero-order chi connectivity index (χ0) is 20.3. The number of ether oxygens (including phenoxy) is 1. The normalized spacial score (nSPS) is 10.3. The lowest BCUT2D eigenvalue weighted by Gasteiger charge is -2.15. The Hall–Kier alpha value is -1.87. The van der Waals surface area contributed by atoms with E-state index in [0.29, 0.717) is 10.2 Å². The van der Waals surface area contributed by atoms with Crippen molar-refractivity contribution in [2.75, 3.05) is 12.4 Å². The molecule has 0 aliphatic carbocycles. The number of rotatable bonds is 4. The summed E-state index contributed by atoms with van der Waals surface area (Å²) in [6.07, 6.45) is 0. The SMILES string of the molecule is COc1c(C)cc(Br)cc1C(=O)NC(=S)Nc1cc(C(=O)O)c(Cl)cc1Cl. The number of aromatic carboxylic acids is 1. The standard InChI is InChI=1S/C17H13BrCl2N2O4S/c1-7-3-8(18)4-10(14(7)26-2)15(23)22-17(27)21-13-5-9(16(24)25)11(19)6-12(13)20/h3-6H,1-2H3,(H,24,25)(H2,21,22,23,27). The van der Waals surface area contributed by atoms with Crippen molar-refractivity contribution in [3.05, 3.63) is 55.5 Å². The third kappa shape index (κ3) is 5.10. The molecule has 0 spiro atoms. The number of hydrogen-bond donors (Lipinski definition) is 3. The highest BCUT2D eigenvalue weighted by molar-refractivity contribution is 9.10. The van der Waals surface area contributed by atoms with Crippen LogP contribution < -0.4 is 15.4 Å². The second kappa shape index (κ2) is 8.88. The topological polar surface area (TPSA) is 87.7 Å². The van der Waals surface area contributed by atoms with E-state index in [1.165, 1.54) is 19.2 Å². The third-order valence-electron chi connectivity index (χ3n) is 3.45. The number of methoxy groups -OCH3 is 1. The molecule has 0 radical (unpaired) electrons. The fourth-order valence-electron chi connectivity index (χ4n) is 2.30. The number of carbonyl (C=O) groups excluding carboxylic acids is 1. The van der Waals surface area contributed by atoms with Gasteiger partial charge in [-0.1, -0.05) is 39.1 Å². The first-order valence-electron chi connectivity index (χ1n) is 7.32. The van der Waals surface area contributed by atoms with E-state index in [0.717, 1.165) is 5.56 Å². The fraction of sp³-hybridized carbons (Fsp3) is 0.118. The van der Waals surface area contributed by atoms with E-state index >= 15 is 0 Å². The lowest BCUT2D eigenvalue weighted by atomic mass is 10.1. The molecule has 27 heavy (non-hydrogen) atoms. The van der Waals surface area contributed by atoms with Crippen molar-refractivity contribution >= 4 is 74.0 Å². The van der Waals surface area contributed by atoms with Crippen LogP contribution in [0.25, 0.3) is 0 Å². The molecule has 0 aliphatic heterocycles. The Kier molecular flexibility index (Phi) is 7.05. The van der Waals surface area contributed by atoms with Crippen LogP contribution >= 0.6 is 51.3 Å². The Morgan fingerprint density at radius 3 is 2.41 bits per heavy atom. The van der Waals surface area contributed by atoms with Crippen LogP contribution in [-0.4, -0.2) is 29.2 Å². The molecule has 0 unspecified atom stereocenters. The number of carboxylic acids is 1. The molecule has 6 nitrogen and oxygen atoms in total. The van der Waals surface area contributed by atoms with Crippen molar-refractivity contribution in [1.29, 1.82) is 0 Å². The van der Waals surface area contributed by atoms with Gasteiger partial charge in [0.25, 0.3) is 5.91 Å². The number of hydrogen-bond acceptors (Lipinski definition) is 4. The minimum atomic E-state index is -1.22. The van der Waals surface area contributed by atoms with Gasteiger partial charge >= 0.3 is 5.97 Å².